The van der Waals surface area contributed by atoms with Gasteiger partial charge in [0, 0.05) is 19.6 Å². The second kappa shape index (κ2) is 6.90. The van der Waals surface area contributed by atoms with Gasteiger partial charge in [-0.1, -0.05) is 24.3 Å². The molecule has 0 aromatic heterocycles. The van der Waals surface area contributed by atoms with Crippen LogP contribution in [0.2, 0.25) is 0 Å². The first-order valence-corrected chi connectivity index (χ1v) is 8.18. The van der Waals surface area contributed by atoms with E-state index in [2.05, 4.69) is 11.4 Å². The monoisotopic (exact) mass is 331 g/mol. The number of fused-ring (bicyclic) bond motifs is 1. The van der Waals surface area contributed by atoms with E-state index in [4.69, 9.17) is 5.11 Å². The Morgan fingerprint density at radius 3 is 2.67 bits per heavy atom. The Morgan fingerprint density at radius 1 is 1.17 bits per heavy atom. The van der Waals surface area contributed by atoms with Crippen LogP contribution >= 0.6 is 0 Å². The Morgan fingerprint density at radius 2 is 1.92 bits per heavy atom. The Kier molecular flexibility index (Phi) is 4.69. The second-order valence-corrected chi connectivity index (χ2v) is 6.18. The third-order valence-electron chi connectivity index (χ3n) is 4.67. The number of carbonyl (C=O) groups excluding carboxylic acids is 2. The SMILES string of the molecule is O=C(O)[C@@H]1CCCN1C(=O)CNC(=O)N1CCc2ccccc2C1. The number of aliphatic carboxylic acids is 1. The summed E-state index contributed by atoms with van der Waals surface area (Å²) in [4.78, 5) is 38.6. The lowest BCUT2D eigenvalue weighted by molar-refractivity contribution is -0.147. The van der Waals surface area contributed by atoms with Gasteiger partial charge in [0.2, 0.25) is 5.91 Å². The fraction of sp³-hybridized carbons (Fsp3) is 0.471. The summed E-state index contributed by atoms with van der Waals surface area (Å²) in [6, 6.07) is 6.95. The van der Waals surface area contributed by atoms with E-state index in [-0.39, 0.29) is 18.5 Å². The van der Waals surface area contributed by atoms with E-state index < -0.39 is 12.0 Å². The van der Waals surface area contributed by atoms with Crippen LogP contribution in [0.1, 0.15) is 24.0 Å². The van der Waals surface area contributed by atoms with Gasteiger partial charge in [0.15, 0.2) is 0 Å². The van der Waals surface area contributed by atoms with Gasteiger partial charge in [-0.3, -0.25) is 4.79 Å². The number of carboxylic acids is 1. The lowest BCUT2D eigenvalue weighted by Gasteiger charge is -2.29. The number of hydrogen-bond donors (Lipinski definition) is 2. The van der Waals surface area contributed by atoms with E-state index in [1.165, 1.54) is 10.5 Å². The van der Waals surface area contributed by atoms with Crippen molar-refractivity contribution < 1.29 is 19.5 Å². The van der Waals surface area contributed by atoms with Crippen LogP contribution in [-0.2, 0) is 22.6 Å². The van der Waals surface area contributed by atoms with E-state index in [0.717, 1.165) is 12.0 Å². The average Bonchev–Trinajstić information content (AvgIpc) is 3.09. The highest BCUT2D eigenvalue weighted by Crippen LogP contribution is 2.19. The molecule has 7 heteroatoms. The molecule has 128 valence electrons. The Bertz CT molecular complexity index is 661. The molecule has 0 radical (unpaired) electrons. The third kappa shape index (κ3) is 3.34. The zero-order chi connectivity index (χ0) is 17.1. The maximum atomic E-state index is 12.3. The molecule has 0 unspecified atom stereocenters. The maximum Gasteiger partial charge on any atom is 0.326 e. The van der Waals surface area contributed by atoms with Crippen molar-refractivity contribution in [2.75, 3.05) is 19.6 Å². The fourth-order valence-electron chi connectivity index (χ4n) is 3.36. The highest BCUT2D eigenvalue weighted by atomic mass is 16.4. The molecule has 1 saturated heterocycles. The lowest BCUT2D eigenvalue weighted by atomic mass is 10.0. The summed E-state index contributed by atoms with van der Waals surface area (Å²) in [7, 11) is 0. The summed E-state index contributed by atoms with van der Waals surface area (Å²) in [5.74, 6) is -1.33. The minimum Gasteiger partial charge on any atom is -0.480 e. The Labute approximate surface area is 140 Å². The molecule has 1 atom stereocenters. The number of nitrogens with one attached hydrogen (secondary N) is 1. The summed E-state index contributed by atoms with van der Waals surface area (Å²) in [6.07, 6.45) is 1.95. The first kappa shape index (κ1) is 16.3. The molecule has 2 aliphatic rings. The van der Waals surface area contributed by atoms with Crippen molar-refractivity contribution in [1.29, 1.82) is 0 Å². The quantitative estimate of drug-likeness (QED) is 0.858. The predicted octanol–water partition coefficient (Wildman–Crippen LogP) is 0.830. The molecule has 0 spiro atoms. The molecule has 24 heavy (non-hydrogen) atoms. The Hall–Kier alpha value is -2.57. The number of carboxylic acid groups (broad SMARTS) is 1. The molecule has 3 rings (SSSR count). The first-order chi connectivity index (χ1) is 11.6. The van der Waals surface area contributed by atoms with Gasteiger partial charge in [-0.2, -0.15) is 0 Å². The van der Waals surface area contributed by atoms with Gasteiger partial charge < -0.3 is 20.2 Å². The highest BCUT2D eigenvalue weighted by molar-refractivity contribution is 5.88. The molecular formula is C17H21N3O4. The summed E-state index contributed by atoms with van der Waals surface area (Å²) < 4.78 is 0. The molecule has 1 aromatic rings. The standard InChI is InChI=1S/C17H21N3O4/c21-15(20-8-3-6-14(20)16(22)23)10-18-17(24)19-9-7-12-4-1-2-5-13(12)11-19/h1-2,4-5,14H,3,6-11H2,(H,18,24)(H,22,23)/t14-/m0/s1. The minimum absolute atomic E-state index is 0.166. The molecule has 1 fully saturated rings. The number of amides is 3. The van der Waals surface area contributed by atoms with E-state index >= 15 is 0 Å². The van der Waals surface area contributed by atoms with Gasteiger partial charge in [0.05, 0.1) is 6.54 Å². The number of benzene rings is 1. The van der Waals surface area contributed by atoms with Gasteiger partial charge in [0.25, 0.3) is 0 Å². The molecule has 1 aromatic carbocycles. The fourth-order valence-corrected chi connectivity index (χ4v) is 3.36. The van der Waals surface area contributed by atoms with Crippen LogP contribution in [0.3, 0.4) is 0 Å². The largest absolute Gasteiger partial charge is 0.480 e. The normalized spacial score (nSPS) is 19.8. The summed E-state index contributed by atoms with van der Waals surface area (Å²) in [5, 5.41) is 11.7. The number of carbonyl (C=O) groups is 3. The molecule has 2 N–H and O–H groups in total. The molecule has 3 amide bonds. The first-order valence-electron chi connectivity index (χ1n) is 8.18. The van der Waals surface area contributed by atoms with Crippen LogP contribution < -0.4 is 5.32 Å². The van der Waals surface area contributed by atoms with Crippen molar-refractivity contribution in [2.45, 2.75) is 31.8 Å². The van der Waals surface area contributed by atoms with Crippen LogP contribution in [0, 0.1) is 0 Å². The average molecular weight is 331 g/mol. The molecule has 0 aliphatic carbocycles. The van der Waals surface area contributed by atoms with Crippen LogP contribution in [0.5, 0.6) is 0 Å². The summed E-state index contributed by atoms with van der Waals surface area (Å²) >= 11 is 0. The van der Waals surface area contributed by atoms with E-state index in [1.54, 1.807) is 4.90 Å². The van der Waals surface area contributed by atoms with Gasteiger partial charge in [0.1, 0.15) is 6.04 Å². The molecule has 0 saturated carbocycles. The van der Waals surface area contributed by atoms with E-state index in [1.807, 2.05) is 18.2 Å². The summed E-state index contributed by atoms with van der Waals surface area (Å²) in [5.41, 5.74) is 2.37. The molecule has 0 bridgehead atoms. The topological polar surface area (TPSA) is 90.0 Å². The van der Waals surface area contributed by atoms with Crippen molar-refractivity contribution in [2.24, 2.45) is 0 Å². The number of likely N-dealkylation sites (tertiary alicyclic amines) is 1. The maximum absolute atomic E-state index is 12.3. The van der Waals surface area contributed by atoms with Crippen LogP contribution in [0.15, 0.2) is 24.3 Å². The van der Waals surface area contributed by atoms with Gasteiger partial charge >= 0.3 is 12.0 Å². The van der Waals surface area contributed by atoms with Crippen molar-refractivity contribution >= 4 is 17.9 Å². The van der Waals surface area contributed by atoms with Gasteiger partial charge in [-0.15, -0.1) is 0 Å². The molecular weight excluding hydrogens is 310 g/mol. The predicted molar refractivity (Wildman–Crippen MR) is 86.3 cm³/mol. The van der Waals surface area contributed by atoms with Crippen LogP contribution in [0.25, 0.3) is 0 Å². The van der Waals surface area contributed by atoms with Crippen molar-refractivity contribution in [3.8, 4) is 0 Å². The van der Waals surface area contributed by atoms with Crippen LogP contribution in [-0.4, -0.2) is 58.5 Å². The second-order valence-electron chi connectivity index (χ2n) is 6.18. The number of urea groups is 1. The van der Waals surface area contributed by atoms with E-state index in [9.17, 15) is 14.4 Å². The molecule has 7 nitrogen and oxygen atoms in total. The third-order valence-corrected chi connectivity index (χ3v) is 4.67. The van der Waals surface area contributed by atoms with Crippen molar-refractivity contribution in [3.63, 3.8) is 0 Å². The summed E-state index contributed by atoms with van der Waals surface area (Å²) in [6.45, 7) is 1.40. The minimum atomic E-state index is -0.986. The van der Waals surface area contributed by atoms with Crippen LogP contribution in [0.4, 0.5) is 4.79 Å². The smallest absolute Gasteiger partial charge is 0.326 e. The highest BCUT2D eigenvalue weighted by Gasteiger charge is 2.34. The lowest BCUT2D eigenvalue weighted by Crippen LogP contribution is -2.49. The molecule has 2 heterocycles. The zero-order valence-electron chi connectivity index (χ0n) is 13.4. The number of nitrogens with zero attached hydrogens (tertiary/aromatic N) is 2. The number of rotatable bonds is 3. The number of hydrogen-bond acceptors (Lipinski definition) is 3. The van der Waals surface area contributed by atoms with E-state index in [0.29, 0.717) is 32.5 Å². The Balaban J connectivity index is 1.53. The van der Waals surface area contributed by atoms with Crippen molar-refractivity contribution in [1.82, 2.24) is 15.1 Å². The van der Waals surface area contributed by atoms with Crippen molar-refractivity contribution in [3.05, 3.63) is 35.4 Å². The zero-order valence-corrected chi connectivity index (χ0v) is 13.4. The van der Waals surface area contributed by atoms with Gasteiger partial charge in [-0.05, 0) is 30.4 Å². The molecule has 2 aliphatic heterocycles. The van der Waals surface area contributed by atoms with Gasteiger partial charge in [-0.25, -0.2) is 9.59 Å².